The number of cyclic esters (lactones) is 1. The normalized spacial score (nSPS) is 25.6. The van der Waals surface area contributed by atoms with Crippen molar-refractivity contribution in [1.29, 1.82) is 0 Å². The molecule has 0 radical (unpaired) electrons. The third kappa shape index (κ3) is 2.91. The molecule has 2 rings (SSSR count). The third-order valence-electron chi connectivity index (χ3n) is 2.91. The lowest BCUT2D eigenvalue weighted by molar-refractivity contribution is -0.0463. The predicted molar refractivity (Wildman–Crippen MR) is 72.7 cm³/mol. The summed E-state index contributed by atoms with van der Waals surface area (Å²) in [4.78, 5) is 22.5. The van der Waals surface area contributed by atoms with Gasteiger partial charge in [-0.05, 0) is 19.1 Å². The number of benzene rings is 1. The smallest absolute Gasteiger partial charge is 0.408 e. The lowest BCUT2D eigenvalue weighted by Gasteiger charge is -2.36. The van der Waals surface area contributed by atoms with E-state index in [4.69, 9.17) is 38.4 Å². The molecule has 1 aromatic rings. The lowest BCUT2D eigenvalue weighted by Crippen LogP contribution is -2.53. The first-order valence-corrected chi connectivity index (χ1v) is 6.53. The maximum absolute atomic E-state index is 11.5. The molecule has 8 heteroatoms. The number of amides is 2. The van der Waals surface area contributed by atoms with Crippen molar-refractivity contribution in [2.75, 3.05) is 0 Å². The van der Waals surface area contributed by atoms with Gasteiger partial charge in [0.25, 0.3) is 0 Å². The molecule has 0 aliphatic carbocycles. The zero-order chi connectivity index (χ0) is 14.9. The van der Waals surface area contributed by atoms with Crippen LogP contribution in [0.4, 0.5) is 9.59 Å². The van der Waals surface area contributed by atoms with E-state index in [2.05, 4.69) is 5.32 Å². The summed E-state index contributed by atoms with van der Waals surface area (Å²) in [6.45, 7) is 1.66. The van der Waals surface area contributed by atoms with Gasteiger partial charge in [0.2, 0.25) is 0 Å². The number of carbonyl (C=O) groups is 2. The van der Waals surface area contributed by atoms with Gasteiger partial charge in [0.15, 0.2) is 12.2 Å². The zero-order valence-electron chi connectivity index (χ0n) is 10.4. The largest absolute Gasteiger partial charge is 0.440 e. The molecule has 0 aromatic heterocycles. The van der Waals surface area contributed by atoms with Crippen molar-refractivity contribution in [3.05, 3.63) is 33.8 Å². The fraction of sp³-hybridized carbons (Fsp3) is 0.333. The van der Waals surface area contributed by atoms with Gasteiger partial charge in [-0.25, -0.2) is 9.59 Å². The number of rotatable bonds is 2. The molecule has 3 atom stereocenters. The number of hydrogen-bond acceptors (Lipinski definition) is 4. The molecule has 1 fully saturated rings. The van der Waals surface area contributed by atoms with E-state index in [0.29, 0.717) is 15.6 Å². The Labute approximate surface area is 125 Å². The number of halogens is 2. The fourth-order valence-corrected chi connectivity index (χ4v) is 2.66. The highest BCUT2D eigenvalue weighted by Gasteiger charge is 2.41. The van der Waals surface area contributed by atoms with Crippen LogP contribution in [-0.2, 0) is 9.47 Å². The van der Waals surface area contributed by atoms with Gasteiger partial charge in [-0.2, -0.15) is 0 Å². The van der Waals surface area contributed by atoms with Crippen molar-refractivity contribution in [2.45, 2.75) is 25.2 Å². The van der Waals surface area contributed by atoms with Gasteiger partial charge in [0.1, 0.15) is 0 Å². The molecule has 3 N–H and O–H groups in total. The summed E-state index contributed by atoms with van der Waals surface area (Å²) < 4.78 is 10.2. The topological polar surface area (TPSA) is 90.7 Å². The summed E-state index contributed by atoms with van der Waals surface area (Å²) in [5, 5.41) is 3.11. The van der Waals surface area contributed by atoms with E-state index in [1.165, 1.54) is 0 Å². The Bertz CT molecular complexity index is 532. The Morgan fingerprint density at radius 2 is 2.00 bits per heavy atom. The Morgan fingerprint density at radius 1 is 1.40 bits per heavy atom. The van der Waals surface area contributed by atoms with Crippen LogP contribution in [0.5, 0.6) is 0 Å². The highest BCUT2D eigenvalue weighted by Crippen LogP contribution is 2.37. The van der Waals surface area contributed by atoms with E-state index >= 15 is 0 Å². The first kappa shape index (κ1) is 14.7. The molecule has 2 amide bonds. The minimum absolute atomic E-state index is 0.308. The van der Waals surface area contributed by atoms with Gasteiger partial charge in [0.05, 0.1) is 6.04 Å². The van der Waals surface area contributed by atoms with Gasteiger partial charge in [-0.3, -0.25) is 0 Å². The lowest BCUT2D eigenvalue weighted by atomic mass is 9.98. The van der Waals surface area contributed by atoms with E-state index in [1.54, 1.807) is 25.1 Å². The van der Waals surface area contributed by atoms with Crippen LogP contribution in [0.25, 0.3) is 0 Å². The Morgan fingerprint density at radius 3 is 2.55 bits per heavy atom. The van der Waals surface area contributed by atoms with Crippen LogP contribution in [0.2, 0.25) is 10.0 Å². The van der Waals surface area contributed by atoms with E-state index in [0.717, 1.165) is 0 Å². The van der Waals surface area contributed by atoms with Gasteiger partial charge in [-0.15, -0.1) is 0 Å². The van der Waals surface area contributed by atoms with Gasteiger partial charge in [-0.1, -0.05) is 29.3 Å². The minimum atomic E-state index is -0.977. The highest BCUT2D eigenvalue weighted by molar-refractivity contribution is 6.36. The maximum atomic E-state index is 11.5. The number of alkyl carbamates (subject to hydrolysis) is 1. The highest BCUT2D eigenvalue weighted by atomic mass is 35.5. The zero-order valence-corrected chi connectivity index (χ0v) is 11.9. The van der Waals surface area contributed by atoms with Gasteiger partial charge in [0, 0.05) is 15.6 Å². The van der Waals surface area contributed by atoms with Crippen LogP contribution in [0.3, 0.4) is 0 Å². The molecule has 20 heavy (non-hydrogen) atoms. The summed E-state index contributed by atoms with van der Waals surface area (Å²) in [5.41, 5.74) is 5.42. The average Bonchev–Trinajstić information content (AvgIpc) is 2.32. The predicted octanol–water partition coefficient (Wildman–Crippen LogP) is 2.63. The molecule has 6 nitrogen and oxygen atoms in total. The van der Waals surface area contributed by atoms with E-state index in [9.17, 15) is 9.59 Å². The SMILES string of the molecule is CC1NC(=O)O[C@@H](c2c(Cl)cccc2Cl)[C@H]1OC(N)=O. The Kier molecular flexibility index (Phi) is 4.25. The monoisotopic (exact) mass is 318 g/mol. The van der Waals surface area contributed by atoms with Crippen molar-refractivity contribution in [1.82, 2.24) is 5.32 Å². The number of ether oxygens (including phenoxy) is 2. The summed E-state index contributed by atoms with van der Waals surface area (Å²) in [6, 6.07) is 4.36. The van der Waals surface area contributed by atoms with Crippen LogP contribution in [0, 0.1) is 0 Å². The second-order valence-corrected chi connectivity index (χ2v) is 5.11. The molecule has 1 heterocycles. The quantitative estimate of drug-likeness (QED) is 0.876. The Balaban J connectivity index is 2.43. The van der Waals surface area contributed by atoms with Crippen LogP contribution in [0.1, 0.15) is 18.6 Å². The van der Waals surface area contributed by atoms with E-state index in [-0.39, 0.29) is 0 Å². The van der Waals surface area contributed by atoms with Crippen molar-refractivity contribution in [3.63, 3.8) is 0 Å². The molecule has 0 bridgehead atoms. The first-order valence-electron chi connectivity index (χ1n) is 5.77. The Hall–Kier alpha value is -1.66. The van der Waals surface area contributed by atoms with Gasteiger partial charge >= 0.3 is 12.2 Å². The van der Waals surface area contributed by atoms with E-state index in [1.807, 2.05) is 0 Å². The summed E-state index contributed by atoms with van der Waals surface area (Å²) in [7, 11) is 0. The standard InChI is InChI=1S/C12H12Cl2N2O4/c1-5-9(19-11(15)17)10(20-12(18)16-5)8-6(13)3-2-4-7(8)14/h2-5,9-10H,1H3,(H2,15,17)(H,16,18)/t5?,9-,10-/m0/s1. The van der Waals surface area contributed by atoms with Crippen LogP contribution in [-0.4, -0.2) is 24.3 Å². The molecule has 1 aliphatic rings. The van der Waals surface area contributed by atoms with Crippen LogP contribution < -0.4 is 11.1 Å². The van der Waals surface area contributed by atoms with Crippen molar-refractivity contribution < 1.29 is 19.1 Å². The molecule has 0 saturated carbocycles. The summed E-state index contributed by atoms with van der Waals surface area (Å²) in [5.74, 6) is 0. The minimum Gasteiger partial charge on any atom is -0.440 e. The number of primary amides is 1. The average molecular weight is 319 g/mol. The number of nitrogens with two attached hydrogens (primary N) is 1. The molecule has 1 aliphatic heterocycles. The van der Waals surface area contributed by atoms with Gasteiger partial charge < -0.3 is 20.5 Å². The number of nitrogens with one attached hydrogen (secondary N) is 1. The second-order valence-electron chi connectivity index (χ2n) is 4.30. The molecular formula is C12H12Cl2N2O4. The summed E-state index contributed by atoms with van der Waals surface area (Å²) in [6.07, 6.45) is -3.38. The maximum Gasteiger partial charge on any atom is 0.408 e. The molecule has 0 spiro atoms. The fourth-order valence-electron chi connectivity index (χ4n) is 2.05. The van der Waals surface area contributed by atoms with Crippen molar-refractivity contribution >= 4 is 35.4 Å². The molecule has 108 valence electrons. The van der Waals surface area contributed by atoms with Crippen LogP contribution >= 0.6 is 23.2 Å². The number of hydrogen-bond donors (Lipinski definition) is 2. The molecule has 1 saturated heterocycles. The molecule has 1 unspecified atom stereocenters. The van der Waals surface area contributed by atoms with Crippen molar-refractivity contribution in [3.8, 4) is 0 Å². The number of carbonyl (C=O) groups excluding carboxylic acids is 2. The summed E-state index contributed by atoms with van der Waals surface area (Å²) >= 11 is 12.2. The van der Waals surface area contributed by atoms with E-state index < -0.39 is 30.4 Å². The molecular weight excluding hydrogens is 307 g/mol. The van der Waals surface area contributed by atoms with Crippen LogP contribution in [0.15, 0.2) is 18.2 Å². The first-order chi connectivity index (χ1) is 9.40. The van der Waals surface area contributed by atoms with Crippen molar-refractivity contribution in [2.24, 2.45) is 5.73 Å². The molecule has 1 aromatic carbocycles. The third-order valence-corrected chi connectivity index (χ3v) is 3.57. The second kappa shape index (κ2) is 5.76.